The summed E-state index contributed by atoms with van der Waals surface area (Å²) in [7, 11) is 0. The number of nitrogens with zero attached hydrogens (tertiary/aromatic N) is 3. The fourth-order valence-electron chi connectivity index (χ4n) is 2.92. The van der Waals surface area contributed by atoms with Crippen molar-refractivity contribution in [2.75, 3.05) is 31.6 Å². The van der Waals surface area contributed by atoms with Crippen molar-refractivity contribution >= 4 is 17.5 Å². The van der Waals surface area contributed by atoms with Gasteiger partial charge in [-0.2, -0.15) is 0 Å². The number of aliphatic hydroxyl groups is 1. The van der Waals surface area contributed by atoms with Crippen LogP contribution in [0.1, 0.15) is 25.7 Å². The van der Waals surface area contributed by atoms with E-state index in [1.165, 1.54) is 6.20 Å². The lowest BCUT2D eigenvalue weighted by atomic mass is 9.94. The number of urea groups is 1. The Morgan fingerprint density at radius 1 is 1.33 bits per heavy atom. The summed E-state index contributed by atoms with van der Waals surface area (Å²) in [5.74, 6) is 0.155. The minimum absolute atomic E-state index is 0.00278. The van der Waals surface area contributed by atoms with E-state index in [4.69, 9.17) is 4.74 Å². The Balaban J connectivity index is 1.57. The molecule has 2 fully saturated rings. The molecule has 24 heavy (non-hydrogen) atoms. The lowest BCUT2D eigenvalue weighted by molar-refractivity contribution is -0.539. The van der Waals surface area contributed by atoms with Gasteiger partial charge in [-0.3, -0.25) is 5.32 Å². The third-order valence-electron chi connectivity index (χ3n) is 4.36. The molecule has 1 aromatic heterocycles. The number of hydrazine groups is 1. The van der Waals surface area contributed by atoms with Crippen LogP contribution in [0.25, 0.3) is 0 Å². The third kappa shape index (κ3) is 4.01. The first-order valence-corrected chi connectivity index (χ1v) is 8.22. The highest BCUT2D eigenvalue weighted by molar-refractivity contribution is 5.91. The highest BCUT2D eigenvalue weighted by atomic mass is 16.5. The highest BCUT2D eigenvalue weighted by Gasteiger charge is 2.28. The SMILES string of the molecule is O=C(Nc1cn[nH]c1[N+](=O)NC1CCC(O)CC1)N1CCOCC1. The van der Waals surface area contributed by atoms with E-state index in [0.29, 0.717) is 49.7 Å². The molecule has 4 N–H and O–H groups in total. The number of anilines is 1. The summed E-state index contributed by atoms with van der Waals surface area (Å²) in [6.45, 7) is 2.05. The van der Waals surface area contributed by atoms with Crippen molar-refractivity contribution in [3.05, 3.63) is 11.1 Å². The molecule has 0 unspecified atom stereocenters. The van der Waals surface area contributed by atoms with Gasteiger partial charge in [-0.1, -0.05) is 5.10 Å². The lowest BCUT2D eigenvalue weighted by Gasteiger charge is -2.26. The quantitative estimate of drug-likeness (QED) is 0.468. The van der Waals surface area contributed by atoms with Crippen LogP contribution in [0.2, 0.25) is 0 Å². The molecule has 2 heterocycles. The lowest BCUT2D eigenvalue weighted by Crippen LogP contribution is -2.43. The van der Waals surface area contributed by atoms with Gasteiger partial charge in [0.05, 0.1) is 30.2 Å². The molecule has 0 spiro atoms. The first-order chi connectivity index (χ1) is 11.6. The van der Waals surface area contributed by atoms with Crippen LogP contribution in [0, 0.1) is 4.91 Å². The monoisotopic (exact) mass is 339 g/mol. The predicted octanol–water partition coefficient (Wildman–Crippen LogP) is 0.492. The van der Waals surface area contributed by atoms with E-state index in [-0.39, 0.29) is 24.0 Å². The number of aromatic nitrogens is 2. The molecular formula is C14H23N6O4+. The number of hydrogen-bond acceptors (Lipinski definition) is 5. The largest absolute Gasteiger partial charge is 0.393 e. The van der Waals surface area contributed by atoms with Crippen molar-refractivity contribution in [2.24, 2.45) is 0 Å². The molecule has 1 saturated carbocycles. The highest BCUT2D eigenvalue weighted by Crippen LogP contribution is 2.23. The van der Waals surface area contributed by atoms with E-state index < -0.39 is 0 Å². The average molecular weight is 339 g/mol. The minimum atomic E-state index is -0.282. The zero-order chi connectivity index (χ0) is 16.9. The number of rotatable bonds is 4. The number of amides is 2. The van der Waals surface area contributed by atoms with Gasteiger partial charge in [-0.05, 0) is 30.6 Å². The summed E-state index contributed by atoms with van der Waals surface area (Å²) < 4.78 is 5.21. The smallest absolute Gasteiger partial charge is 0.391 e. The fraction of sp³-hybridized carbons (Fsp3) is 0.714. The topological polar surface area (TPSA) is 123 Å². The zero-order valence-corrected chi connectivity index (χ0v) is 13.4. The molecule has 10 nitrogen and oxygen atoms in total. The van der Waals surface area contributed by atoms with Gasteiger partial charge in [0.15, 0.2) is 5.69 Å². The minimum Gasteiger partial charge on any atom is -0.393 e. The van der Waals surface area contributed by atoms with Crippen LogP contribution in [-0.4, -0.2) is 69.6 Å². The van der Waals surface area contributed by atoms with Gasteiger partial charge in [-0.15, -0.1) is 5.10 Å². The molecule has 1 saturated heterocycles. The van der Waals surface area contributed by atoms with Crippen LogP contribution in [-0.2, 0) is 4.74 Å². The number of nitrogens with one attached hydrogen (secondary N) is 3. The Kier molecular flexibility index (Phi) is 5.26. The second-order valence-corrected chi connectivity index (χ2v) is 6.09. The normalized spacial score (nSPS) is 24.5. The molecule has 10 heteroatoms. The molecule has 3 rings (SSSR count). The standard InChI is InChI=1S/C14H22N6O4/c21-11-3-1-10(2-4-11)18-20(23)13-12(9-15-17-13)16-14(22)19-5-7-24-8-6-19/h9-11,21H,1-8H2,(H2-,15,16,17,18,22,23)/p+1. The molecule has 132 valence electrons. The first kappa shape index (κ1) is 16.7. The van der Waals surface area contributed by atoms with Gasteiger partial charge in [-0.25, -0.2) is 10.2 Å². The van der Waals surface area contributed by atoms with E-state index in [0.717, 1.165) is 12.8 Å². The molecule has 1 aliphatic carbocycles. The van der Waals surface area contributed by atoms with Crippen LogP contribution in [0.15, 0.2) is 6.20 Å². The van der Waals surface area contributed by atoms with Gasteiger partial charge in [0.1, 0.15) is 6.20 Å². The average Bonchev–Trinajstić information content (AvgIpc) is 3.06. The zero-order valence-electron chi connectivity index (χ0n) is 13.4. The maximum atomic E-state index is 12.3. The maximum absolute atomic E-state index is 12.3. The number of hydrogen-bond donors (Lipinski definition) is 4. The second-order valence-electron chi connectivity index (χ2n) is 6.09. The number of nitroso groups, excluding NO2 is 1. The predicted molar refractivity (Wildman–Crippen MR) is 84.7 cm³/mol. The Morgan fingerprint density at radius 3 is 2.75 bits per heavy atom. The number of ether oxygens (including phenoxy) is 1. The first-order valence-electron chi connectivity index (χ1n) is 8.22. The van der Waals surface area contributed by atoms with Crippen molar-refractivity contribution in [1.29, 1.82) is 0 Å². The van der Waals surface area contributed by atoms with Crippen molar-refractivity contribution in [3.8, 4) is 0 Å². The molecule has 0 radical (unpaired) electrons. The molecule has 1 aliphatic heterocycles. The molecule has 2 aliphatic rings. The van der Waals surface area contributed by atoms with Gasteiger partial charge in [0, 0.05) is 13.1 Å². The van der Waals surface area contributed by atoms with Crippen molar-refractivity contribution < 1.29 is 19.5 Å². The summed E-state index contributed by atoms with van der Waals surface area (Å²) in [6, 6.07) is -0.285. The number of carbonyl (C=O) groups is 1. The van der Waals surface area contributed by atoms with Gasteiger partial charge < -0.3 is 14.7 Å². The summed E-state index contributed by atoms with van der Waals surface area (Å²) >= 11 is 0. The van der Waals surface area contributed by atoms with Crippen molar-refractivity contribution in [3.63, 3.8) is 0 Å². The Hall–Kier alpha value is -2.20. The summed E-state index contributed by atoms with van der Waals surface area (Å²) in [4.78, 5) is 26.8. The van der Waals surface area contributed by atoms with Crippen LogP contribution < -0.4 is 10.7 Å². The molecule has 0 bridgehead atoms. The molecular weight excluding hydrogens is 316 g/mol. The Labute approximate surface area is 139 Å². The maximum Gasteiger partial charge on any atom is 0.391 e. The molecule has 0 atom stereocenters. The van der Waals surface area contributed by atoms with Crippen LogP contribution in [0.5, 0.6) is 0 Å². The molecule has 2 amide bonds. The second kappa shape index (κ2) is 7.58. The van der Waals surface area contributed by atoms with E-state index in [1.54, 1.807) is 4.90 Å². The van der Waals surface area contributed by atoms with E-state index >= 15 is 0 Å². The van der Waals surface area contributed by atoms with Crippen molar-refractivity contribution in [1.82, 2.24) is 20.5 Å². The van der Waals surface area contributed by atoms with Gasteiger partial charge >= 0.3 is 11.8 Å². The number of aromatic amines is 1. The van der Waals surface area contributed by atoms with Crippen molar-refractivity contribution in [2.45, 2.75) is 37.8 Å². The third-order valence-corrected chi connectivity index (χ3v) is 4.36. The summed E-state index contributed by atoms with van der Waals surface area (Å²) in [6.07, 6.45) is 3.93. The number of aliphatic hydroxyl groups excluding tert-OH is 1. The van der Waals surface area contributed by atoms with E-state index in [1.807, 2.05) is 0 Å². The summed E-state index contributed by atoms with van der Waals surface area (Å²) in [5, 5.41) is 18.7. The number of morpholine rings is 1. The van der Waals surface area contributed by atoms with Gasteiger partial charge in [0.2, 0.25) is 0 Å². The fourth-order valence-corrected chi connectivity index (χ4v) is 2.92. The number of carbonyl (C=O) groups excluding carboxylic acids is 1. The molecule has 1 aromatic rings. The molecule has 0 aromatic carbocycles. The summed E-state index contributed by atoms with van der Waals surface area (Å²) in [5.41, 5.74) is 3.17. The van der Waals surface area contributed by atoms with E-state index in [2.05, 4.69) is 20.9 Å². The Bertz CT molecular complexity index is 578. The van der Waals surface area contributed by atoms with Crippen LogP contribution in [0.4, 0.5) is 16.3 Å². The number of H-pyrrole nitrogens is 1. The van der Waals surface area contributed by atoms with Crippen LogP contribution in [0.3, 0.4) is 0 Å². The Morgan fingerprint density at radius 2 is 2.04 bits per heavy atom. The van der Waals surface area contributed by atoms with Gasteiger partial charge in [0.25, 0.3) is 0 Å². The van der Waals surface area contributed by atoms with Crippen LogP contribution >= 0.6 is 0 Å². The van der Waals surface area contributed by atoms with E-state index in [9.17, 15) is 14.8 Å².